The zero-order valence-corrected chi connectivity index (χ0v) is 49.6. The number of halogens is 2. The minimum atomic E-state index is -1.40. The van der Waals surface area contributed by atoms with Crippen LogP contribution < -0.4 is 10.2 Å². The summed E-state index contributed by atoms with van der Waals surface area (Å²) in [4.78, 5) is 55.8. The zero-order valence-electron chi connectivity index (χ0n) is 48.1. The third-order valence-electron chi connectivity index (χ3n) is 18.3. The zero-order chi connectivity index (χ0) is 56.5. The summed E-state index contributed by atoms with van der Waals surface area (Å²) in [6.07, 6.45) is 7.07. The molecule has 5 aliphatic rings. The topological polar surface area (TPSA) is 189 Å². The van der Waals surface area contributed by atoms with Crippen molar-refractivity contribution < 1.29 is 62.5 Å². The summed E-state index contributed by atoms with van der Waals surface area (Å²) in [5.74, 6) is -5.12. The molecule has 0 bridgehead atoms. The molecule has 15 nitrogen and oxygen atoms in total. The van der Waals surface area contributed by atoms with E-state index >= 15 is 0 Å². The fourth-order valence-corrected chi connectivity index (χ4v) is 13.6. The van der Waals surface area contributed by atoms with Gasteiger partial charge in [-0.1, -0.05) is 67.5 Å². The Morgan fingerprint density at radius 3 is 2.19 bits per heavy atom. The second kappa shape index (κ2) is 27.7. The summed E-state index contributed by atoms with van der Waals surface area (Å²) in [5.41, 5.74) is 0.443. The summed E-state index contributed by atoms with van der Waals surface area (Å²) >= 11 is 11.9. The van der Waals surface area contributed by atoms with Gasteiger partial charge < -0.3 is 53.6 Å². The molecular weight excluding hydrogens is 1030 g/mol. The molecule has 4 saturated heterocycles. The van der Waals surface area contributed by atoms with Crippen LogP contribution in [0.4, 0.5) is 5.69 Å². The Kier molecular flexibility index (Phi) is 22.8. The Labute approximate surface area is 469 Å². The maximum atomic E-state index is 14.9. The molecule has 0 aromatic heterocycles. The van der Waals surface area contributed by atoms with Crippen molar-refractivity contribution in [2.45, 2.75) is 225 Å². The van der Waals surface area contributed by atoms with Gasteiger partial charge in [-0.25, -0.2) is 0 Å². The number of ether oxygens (including phenoxy) is 7. The van der Waals surface area contributed by atoms with Crippen LogP contribution >= 0.6 is 23.2 Å². The lowest BCUT2D eigenvalue weighted by Crippen LogP contribution is -2.63. The molecule has 4 fully saturated rings. The van der Waals surface area contributed by atoms with E-state index in [0.29, 0.717) is 89.1 Å². The van der Waals surface area contributed by atoms with E-state index in [-0.39, 0.29) is 61.1 Å². The van der Waals surface area contributed by atoms with Crippen LogP contribution in [0.5, 0.6) is 0 Å². The number of esters is 2. The highest BCUT2D eigenvalue weighted by molar-refractivity contribution is 6.18. The SMILES string of the molecule is CCC(C(=O)NCCOC(=O)CCCc1ccc(N(CCCl)CCCl)cc1)[C@H]1CC[C@H](C)[C@H]([C@@H](C)[C@H](O)[C@H](C)C(=O)[C@H](CC)[C@H]2O[C@]3(C=C[C@@H](OC(C)=O)[C@]4(CC[C@@](C)([C@H]5CC[C@](O)(CC)[C@H](C)O5)O4)O3)[C@H](C)C[C@@H]2C)O1. The molecule has 0 radical (unpaired) electrons. The van der Waals surface area contributed by atoms with Gasteiger partial charge in [-0.05, 0) is 126 Å². The minimum Gasteiger partial charge on any atom is -0.464 e. The van der Waals surface area contributed by atoms with Crippen LogP contribution in [0.1, 0.15) is 159 Å². The predicted octanol–water partition coefficient (Wildman–Crippen LogP) is 9.64. The molecule has 1 aromatic carbocycles. The summed E-state index contributed by atoms with van der Waals surface area (Å²) < 4.78 is 45.9. The van der Waals surface area contributed by atoms with E-state index in [1.165, 1.54) is 6.92 Å². The van der Waals surface area contributed by atoms with E-state index in [0.717, 1.165) is 24.1 Å². The molecule has 436 valence electrons. The Bertz CT molecular complexity index is 2130. The molecular formula is C60H94Cl2N2O13. The molecule has 2 spiro atoms. The number of Topliss-reactive ketones (excluding diaryl/α,β-unsaturated/α-hetero) is 1. The highest BCUT2D eigenvalue weighted by Crippen LogP contribution is 2.55. The van der Waals surface area contributed by atoms with Crippen LogP contribution in [-0.2, 0) is 58.8 Å². The lowest BCUT2D eigenvalue weighted by Gasteiger charge is -2.54. The fraction of sp³-hybridized carbons (Fsp3) is 0.800. The smallest absolute Gasteiger partial charge is 0.305 e. The maximum absolute atomic E-state index is 14.9. The molecule has 1 amide bonds. The van der Waals surface area contributed by atoms with Gasteiger partial charge in [0.2, 0.25) is 11.7 Å². The lowest BCUT2D eigenvalue weighted by molar-refractivity contribution is -0.409. The largest absolute Gasteiger partial charge is 0.464 e. The Balaban J connectivity index is 1.03. The van der Waals surface area contributed by atoms with E-state index in [9.17, 15) is 29.4 Å². The average Bonchev–Trinajstić information content (AvgIpc) is 3.75. The van der Waals surface area contributed by atoms with Gasteiger partial charge >= 0.3 is 11.9 Å². The predicted molar refractivity (Wildman–Crippen MR) is 298 cm³/mol. The molecule has 18 atom stereocenters. The van der Waals surface area contributed by atoms with Crippen molar-refractivity contribution in [3.8, 4) is 0 Å². The van der Waals surface area contributed by atoms with E-state index in [1.807, 2.05) is 65.8 Å². The number of aryl methyl sites for hydroxylation is 1. The van der Waals surface area contributed by atoms with Crippen LogP contribution in [0.15, 0.2) is 36.4 Å². The Morgan fingerprint density at radius 1 is 0.883 bits per heavy atom. The summed E-state index contributed by atoms with van der Waals surface area (Å²) in [7, 11) is 0. The van der Waals surface area contributed by atoms with Crippen LogP contribution in [0.2, 0.25) is 0 Å². The number of benzene rings is 1. The van der Waals surface area contributed by atoms with Gasteiger partial charge in [0.05, 0.1) is 60.3 Å². The van der Waals surface area contributed by atoms with E-state index < -0.39 is 89.0 Å². The molecule has 17 heteroatoms. The number of hydrogen-bond donors (Lipinski definition) is 3. The van der Waals surface area contributed by atoms with Crippen molar-refractivity contribution in [2.75, 3.05) is 42.9 Å². The molecule has 77 heavy (non-hydrogen) atoms. The molecule has 1 unspecified atom stereocenters. The second-order valence-electron chi connectivity index (χ2n) is 23.6. The van der Waals surface area contributed by atoms with Crippen LogP contribution in [-0.4, -0.2) is 137 Å². The second-order valence-corrected chi connectivity index (χ2v) is 24.3. The van der Waals surface area contributed by atoms with Crippen molar-refractivity contribution in [2.24, 2.45) is 41.4 Å². The maximum Gasteiger partial charge on any atom is 0.305 e. The molecule has 0 aliphatic carbocycles. The summed E-state index contributed by atoms with van der Waals surface area (Å²) in [5, 5.41) is 26.3. The first-order valence-electron chi connectivity index (χ1n) is 29.1. The lowest BCUT2D eigenvalue weighted by atomic mass is 9.72. The van der Waals surface area contributed by atoms with E-state index in [4.69, 9.17) is 56.4 Å². The number of rotatable bonds is 25. The summed E-state index contributed by atoms with van der Waals surface area (Å²) in [6, 6.07) is 8.21. The number of nitrogens with zero attached hydrogens (tertiary/aromatic N) is 1. The summed E-state index contributed by atoms with van der Waals surface area (Å²) in [6.45, 7) is 22.8. The minimum absolute atomic E-state index is 0.0398. The number of carbonyl (C=O) groups is 4. The number of amides is 1. The third-order valence-corrected chi connectivity index (χ3v) is 18.6. The van der Waals surface area contributed by atoms with Crippen molar-refractivity contribution in [1.82, 2.24) is 5.32 Å². The molecule has 0 saturated carbocycles. The van der Waals surface area contributed by atoms with Gasteiger partial charge in [0.1, 0.15) is 12.4 Å². The number of hydrogen-bond acceptors (Lipinski definition) is 14. The van der Waals surface area contributed by atoms with Crippen LogP contribution in [0.3, 0.4) is 0 Å². The van der Waals surface area contributed by atoms with Crippen molar-refractivity contribution in [1.29, 1.82) is 0 Å². The number of aliphatic hydroxyl groups is 2. The number of carbonyl (C=O) groups excluding carboxylic acids is 4. The fourth-order valence-electron chi connectivity index (χ4n) is 13.2. The van der Waals surface area contributed by atoms with Gasteiger partial charge in [-0.2, -0.15) is 0 Å². The van der Waals surface area contributed by atoms with Gasteiger partial charge in [-0.15, -0.1) is 23.2 Å². The molecule has 3 N–H and O–H groups in total. The van der Waals surface area contributed by atoms with Crippen molar-refractivity contribution in [3.63, 3.8) is 0 Å². The van der Waals surface area contributed by atoms with Gasteiger partial charge in [0.15, 0.2) is 11.9 Å². The van der Waals surface area contributed by atoms with Crippen LogP contribution in [0, 0.1) is 41.4 Å². The first-order chi connectivity index (χ1) is 36.5. The average molecular weight is 1120 g/mol. The highest BCUT2D eigenvalue weighted by atomic mass is 35.5. The molecule has 5 heterocycles. The standard InChI is InChI=1S/C60H94Cl2N2O13/c1-12-46(56(69)63-32-35-71-51(66)17-15-16-44-19-21-45(22-20-44)64(33-30-61)34-31-62)48-23-18-37(4)54(74-48)41(8)52(67)40(7)53(68)47(13-2)55-38(5)36-39(6)59(75-55)27-25-50(73-43(10)65)60(77-59)29-28-57(11,76-60)49-24-26-58(70,14-3)42(9)72-49/h19-22,25,27,37-42,46-50,52,54-55,67,70H,12-18,23-24,26,28-36H2,1-11H3,(H,63,69)/t37-,38-,39+,40-,41-,42-,46?,47-,48+,49+,50+,52+,54+,55-,57-,58+,59-,60-/m0/s1. The highest BCUT2D eigenvalue weighted by Gasteiger charge is 2.64. The van der Waals surface area contributed by atoms with Gasteiger partial charge in [-0.3, -0.25) is 19.2 Å². The number of anilines is 1. The Morgan fingerprint density at radius 2 is 1.57 bits per heavy atom. The normalized spacial score (nSPS) is 35.2. The third kappa shape index (κ3) is 14.8. The Hall–Kier alpha value is -2.86. The molecule has 1 aromatic rings. The number of alkyl halides is 2. The quantitative estimate of drug-likeness (QED) is 0.0363. The van der Waals surface area contributed by atoms with Gasteiger partial charge in [0.25, 0.3) is 0 Å². The van der Waals surface area contributed by atoms with Gasteiger partial charge in [0, 0.05) is 74.0 Å². The molecule has 5 aliphatic heterocycles. The van der Waals surface area contributed by atoms with Crippen LogP contribution in [0.25, 0.3) is 0 Å². The number of ketones is 1. The first-order valence-corrected chi connectivity index (χ1v) is 30.2. The molecule has 6 rings (SSSR count). The first kappa shape index (κ1) is 63.3. The number of aliphatic hydroxyl groups excluding tert-OH is 1. The van der Waals surface area contributed by atoms with Crippen molar-refractivity contribution in [3.05, 3.63) is 42.0 Å². The van der Waals surface area contributed by atoms with E-state index in [2.05, 4.69) is 43.1 Å². The van der Waals surface area contributed by atoms with E-state index in [1.54, 1.807) is 6.92 Å². The number of nitrogens with one attached hydrogen (secondary N) is 1. The monoisotopic (exact) mass is 1120 g/mol. The van der Waals surface area contributed by atoms with Crippen molar-refractivity contribution >= 4 is 52.5 Å².